The molecule has 11 nitrogen and oxygen atoms in total. The number of benzene rings is 2. The van der Waals surface area contributed by atoms with E-state index in [1.54, 1.807) is 11.8 Å². The number of carbonyl (C=O) groups is 2. The van der Waals surface area contributed by atoms with Crippen LogP contribution in [0.15, 0.2) is 59.9 Å². The number of aromatic nitrogens is 6. The van der Waals surface area contributed by atoms with Crippen molar-refractivity contribution in [1.29, 1.82) is 0 Å². The molecule has 2 aliphatic heterocycles. The molecule has 0 bridgehead atoms. The van der Waals surface area contributed by atoms with E-state index in [4.69, 9.17) is 9.72 Å². The predicted octanol–water partition coefficient (Wildman–Crippen LogP) is 1.86. The molecule has 2 aromatic carbocycles. The molecule has 0 spiro atoms. The summed E-state index contributed by atoms with van der Waals surface area (Å²) in [7, 11) is 0. The number of H-pyrrole nitrogens is 1. The summed E-state index contributed by atoms with van der Waals surface area (Å²) in [6.07, 6.45) is 1.23. The van der Waals surface area contributed by atoms with Gasteiger partial charge in [-0.05, 0) is 34.0 Å². The van der Waals surface area contributed by atoms with Gasteiger partial charge < -0.3 is 19.3 Å². The van der Waals surface area contributed by atoms with Gasteiger partial charge >= 0.3 is 65.1 Å². The molecule has 2 N–H and O–H groups in total. The van der Waals surface area contributed by atoms with E-state index in [2.05, 4.69) is 49.5 Å². The second-order valence-electron chi connectivity index (χ2n) is 9.42. The quantitative estimate of drug-likeness (QED) is 0.194. The zero-order chi connectivity index (χ0) is 27.1. The summed E-state index contributed by atoms with van der Waals surface area (Å²) in [4.78, 5) is 31.9. The average Bonchev–Trinajstić information content (AvgIpc) is 3.67. The number of imidazole rings is 1. The third-order valence-corrected chi connectivity index (χ3v) is 7.24. The average molecular weight is 574 g/mol. The number of nitrogens with zero attached hydrogens (tertiary/aromatic N) is 6. The first-order valence-electron chi connectivity index (χ1n) is 12.9. The van der Waals surface area contributed by atoms with Gasteiger partial charge in [-0.1, -0.05) is 55.5 Å². The van der Waals surface area contributed by atoms with Gasteiger partial charge in [-0.2, -0.15) is 0 Å². The zero-order valence-electron chi connectivity index (χ0n) is 21.6. The molecule has 13 heteroatoms. The number of hydrogen-bond acceptors (Lipinski definition) is 8. The molecule has 0 fully saturated rings. The van der Waals surface area contributed by atoms with Crippen LogP contribution in [0.5, 0.6) is 0 Å². The number of aromatic amines is 1. The number of rotatable bonds is 7. The van der Waals surface area contributed by atoms with Crippen molar-refractivity contribution in [3.05, 3.63) is 82.6 Å². The second kappa shape index (κ2) is 13.0. The van der Waals surface area contributed by atoms with Gasteiger partial charge in [0.2, 0.25) is 0 Å². The molecule has 0 saturated carbocycles. The van der Waals surface area contributed by atoms with Crippen molar-refractivity contribution in [2.45, 2.75) is 39.3 Å². The second-order valence-corrected chi connectivity index (χ2v) is 9.42. The Morgan fingerprint density at radius 3 is 2.49 bits per heavy atom. The fourth-order valence-corrected chi connectivity index (χ4v) is 5.47. The van der Waals surface area contributed by atoms with Crippen LogP contribution in [0.1, 0.15) is 42.7 Å². The maximum atomic E-state index is 13.1. The van der Waals surface area contributed by atoms with Gasteiger partial charge in [0.15, 0.2) is 11.4 Å². The predicted molar refractivity (Wildman–Crippen MR) is 155 cm³/mol. The van der Waals surface area contributed by atoms with Crippen molar-refractivity contribution in [3.63, 3.8) is 0 Å². The van der Waals surface area contributed by atoms with Crippen molar-refractivity contribution in [2.75, 3.05) is 13.2 Å². The first-order chi connectivity index (χ1) is 19.0. The number of aliphatic hydroxyl groups is 1. The van der Waals surface area contributed by atoms with Crippen molar-refractivity contribution in [2.24, 2.45) is 0 Å². The van der Waals surface area contributed by atoms with Crippen LogP contribution in [-0.4, -0.2) is 124 Å². The number of carbonyl (C=O) groups excluding carboxylic acids is 2. The van der Waals surface area contributed by atoms with Crippen LogP contribution < -0.4 is 0 Å². The van der Waals surface area contributed by atoms with E-state index in [9.17, 15) is 14.7 Å². The molecule has 1 atom stereocenters. The molecule has 0 aliphatic carbocycles. The first kappa shape index (κ1) is 31.1. The summed E-state index contributed by atoms with van der Waals surface area (Å²) in [5, 5.41) is 25.4. The van der Waals surface area contributed by atoms with Crippen molar-refractivity contribution in [3.8, 4) is 22.5 Å². The van der Waals surface area contributed by atoms with E-state index in [-0.39, 0.29) is 77.1 Å². The number of aliphatic hydroxyl groups excluding tert-OH is 1. The number of aryl methyl sites for hydroxylation is 1. The van der Waals surface area contributed by atoms with Gasteiger partial charge in [0, 0.05) is 31.5 Å². The van der Waals surface area contributed by atoms with Gasteiger partial charge in [0.25, 0.3) is 5.91 Å². The van der Waals surface area contributed by atoms with E-state index < -0.39 is 17.9 Å². The minimum absolute atomic E-state index is 0. The maximum absolute atomic E-state index is 13.1. The Bertz CT molecular complexity index is 1600. The molecule has 1 unspecified atom stereocenters. The molecular formula is C28H29N7Na2O4. The molecule has 6 rings (SSSR count). The summed E-state index contributed by atoms with van der Waals surface area (Å²) in [6, 6.07) is 15.4. The topological polar surface area (TPSA) is 139 Å². The summed E-state index contributed by atoms with van der Waals surface area (Å²) in [5.41, 5.74) is 5.24. The Hall–Kier alpha value is -2.80. The molecule has 4 heterocycles. The van der Waals surface area contributed by atoms with E-state index in [0.29, 0.717) is 31.8 Å². The number of nitrogens with one attached hydrogen (secondary N) is 1. The number of fused-ring (bicyclic) bond motifs is 3. The summed E-state index contributed by atoms with van der Waals surface area (Å²) < 4.78 is 7.12. The van der Waals surface area contributed by atoms with E-state index >= 15 is 0 Å². The van der Waals surface area contributed by atoms with Crippen LogP contribution in [-0.2, 0) is 33.7 Å². The Labute approximate surface area is 281 Å². The van der Waals surface area contributed by atoms with Crippen LogP contribution in [0, 0.1) is 0 Å². The van der Waals surface area contributed by atoms with Crippen molar-refractivity contribution in [1.82, 2.24) is 35.1 Å². The molecule has 1 amide bonds. The molecule has 2 aliphatic rings. The molecular weight excluding hydrogens is 544 g/mol. The van der Waals surface area contributed by atoms with Crippen LogP contribution >= 0.6 is 0 Å². The number of ether oxygens (including phenoxy) is 1. The van der Waals surface area contributed by atoms with Crippen molar-refractivity contribution >= 4 is 71.0 Å². The number of esters is 1. The summed E-state index contributed by atoms with van der Waals surface area (Å²) in [5.74, 6) is -0.110. The van der Waals surface area contributed by atoms with E-state index in [1.165, 1.54) is 0 Å². The molecule has 0 saturated heterocycles. The fourth-order valence-electron chi connectivity index (χ4n) is 5.47. The number of tetrazole rings is 1. The monoisotopic (exact) mass is 573 g/mol. The normalized spacial score (nSPS) is 15.6. The van der Waals surface area contributed by atoms with Crippen LogP contribution in [0.3, 0.4) is 0 Å². The Kier molecular flexibility index (Phi) is 9.89. The zero-order valence-corrected chi connectivity index (χ0v) is 21.6. The van der Waals surface area contributed by atoms with Gasteiger partial charge in [-0.25, -0.2) is 14.9 Å². The fraction of sp³-hybridized carbons (Fsp3) is 0.286. The van der Waals surface area contributed by atoms with E-state index in [1.807, 2.05) is 31.2 Å². The van der Waals surface area contributed by atoms with Gasteiger partial charge in [-0.15, -0.1) is 5.10 Å². The van der Waals surface area contributed by atoms with Crippen LogP contribution in [0.25, 0.3) is 22.5 Å². The van der Waals surface area contributed by atoms with Gasteiger partial charge in [0.05, 0.1) is 18.0 Å². The van der Waals surface area contributed by atoms with E-state index in [0.717, 1.165) is 39.5 Å². The molecule has 202 valence electrons. The first-order valence-corrected chi connectivity index (χ1v) is 12.9. The summed E-state index contributed by atoms with van der Waals surface area (Å²) in [6.45, 7) is 4.68. The Morgan fingerprint density at radius 1 is 1.10 bits per heavy atom. The molecule has 0 radical (unpaired) electrons. The van der Waals surface area contributed by atoms with Gasteiger partial charge in [0.1, 0.15) is 17.6 Å². The third kappa shape index (κ3) is 5.54. The third-order valence-electron chi connectivity index (χ3n) is 7.24. The standard InChI is InChI=1S/C28H27N7O4.2Na.2H/c1-3-21-29-20-13-14-34-24(25(36)22(27(34)37)28(38)39-4-2)23(20)35(21)15-16-9-11-17(12-10-16)18-7-5-6-8-19(18)26-30-32-33-31-26;;;;/h5-12,24,36H,3-4,13-15H2,1-2H3,(H,30,31,32,33);;;;. The number of amides is 1. The van der Waals surface area contributed by atoms with Crippen molar-refractivity contribution < 1.29 is 19.4 Å². The number of hydrogen-bond donors (Lipinski definition) is 2. The van der Waals surface area contributed by atoms with Gasteiger partial charge in [-0.3, -0.25) is 4.79 Å². The Morgan fingerprint density at radius 2 is 1.83 bits per heavy atom. The minimum atomic E-state index is -0.797. The Balaban J connectivity index is 0.00000194. The molecule has 41 heavy (non-hydrogen) atoms. The molecule has 4 aromatic rings. The van der Waals surface area contributed by atoms with Crippen LogP contribution in [0.2, 0.25) is 0 Å². The molecule has 2 aromatic heterocycles. The van der Waals surface area contributed by atoms with Crippen LogP contribution in [0.4, 0.5) is 0 Å². The summed E-state index contributed by atoms with van der Waals surface area (Å²) >= 11 is 0. The SMILES string of the molecule is CCOC(=O)C1=C(O)C2c3c(nc(CC)n3Cc3ccc(-c4ccccc4-c4nnn[nH]4)cc3)CCN2C1=O.[NaH].[NaH].